The van der Waals surface area contributed by atoms with Gasteiger partial charge in [-0.15, -0.1) is 0 Å². The second kappa shape index (κ2) is 10.8. The summed E-state index contributed by atoms with van der Waals surface area (Å²) in [5.74, 6) is -2.30. The van der Waals surface area contributed by atoms with Crippen LogP contribution in [0.25, 0.3) is 0 Å². The van der Waals surface area contributed by atoms with Crippen LogP contribution in [0.15, 0.2) is 73.7 Å². The number of aliphatic hydroxyl groups is 1. The van der Waals surface area contributed by atoms with Crippen molar-refractivity contribution in [2.75, 3.05) is 17.4 Å². The maximum absolute atomic E-state index is 12.7. The molecule has 0 aliphatic carbocycles. The molecular weight excluding hydrogens is 501 g/mol. The fourth-order valence-corrected chi connectivity index (χ4v) is 4.25. The summed E-state index contributed by atoms with van der Waals surface area (Å²) in [6.07, 6.45) is 0. The summed E-state index contributed by atoms with van der Waals surface area (Å²) in [5.41, 5.74) is 5.08. The molecule has 0 radical (unpaired) electrons. The summed E-state index contributed by atoms with van der Waals surface area (Å²) in [4.78, 5) is 23.9. The third-order valence-electron chi connectivity index (χ3n) is 4.38. The first-order chi connectivity index (χ1) is 15.4. The van der Waals surface area contributed by atoms with Crippen LogP contribution in [-0.4, -0.2) is 62.4 Å². The molecule has 0 saturated heterocycles. The summed E-state index contributed by atoms with van der Waals surface area (Å²) in [6.45, 7) is -0.533. The Labute approximate surface area is 216 Å². The molecule has 13 nitrogen and oxygen atoms in total. The normalized spacial score (nSPS) is 16.4. The number of sulfone groups is 1. The maximum atomic E-state index is 12.7. The topological polar surface area (TPSA) is 212 Å². The molecule has 2 aromatic rings. The van der Waals surface area contributed by atoms with E-state index in [1.54, 1.807) is 0 Å². The van der Waals surface area contributed by atoms with Crippen LogP contribution in [0.3, 0.4) is 0 Å². The zero-order chi connectivity index (χ0) is 24.4. The molecule has 174 valence electrons. The van der Waals surface area contributed by atoms with Gasteiger partial charge in [0.05, 0.1) is 33.5 Å². The van der Waals surface area contributed by atoms with Crippen LogP contribution in [0.1, 0.15) is 0 Å². The number of hydrogen-bond donors (Lipinski definition) is 2. The van der Waals surface area contributed by atoms with Gasteiger partial charge in [-0.1, -0.05) is 0 Å². The summed E-state index contributed by atoms with van der Waals surface area (Å²) in [7, 11) is -8.35. The summed E-state index contributed by atoms with van der Waals surface area (Å²) < 4.78 is 57.0. The van der Waals surface area contributed by atoms with Crippen molar-refractivity contribution in [2.24, 2.45) is 21.1 Å². The van der Waals surface area contributed by atoms with Crippen LogP contribution >= 0.6 is 0 Å². The van der Waals surface area contributed by atoms with Crippen molar-refractivity contribution >= 4 is 48.9 Å². The minimum absolute atomic E-state index is 0. The number of carbonyl (C=O) groups excluding carboxylic acids is 2. The Bertz CT molecular complexity index is 1360. The molecule has 1 atom stereocenters. The van der Waals surface area contributed by atoms with Gasteiger partial charge in [-0.3, -0.25) is 9.59 Å². The van der Waals surface area contributed by atoms with E-state index in [0.29, 0.717) is 0 Å². The van der Waals surface area contributed by atoms with Gasteiger partial charge in [0.1, 0.15) is 10.1 Å². The molecular formula is C18H16N5NaO8S2. The summed E-state index contributed by atoms with van der Waals surface area (Å²) >= 11 is 0. The van der Waals surface area contributed by atoms with Crippen molar-refractivity contribution in [1.82, 2.24) is 0 Å². The molecule has 3 rings (SSSR count). The number of aliphatic hydroxyl groups excluding tert-OH is 1. The smallest absolute Gasteiger partial charge is 0.744 e. The molecule has 34 heavy (non-hydrogen) atoms. The van der Waals surface area contributed by atoms with Crippen LogP contribution in [-0.2, 0) is 29.5 Å². The summed E-state index contributed by atoms with van der Waals surface area (Å²) in [6, 6.07) is 7.88. The largest absolute Gasteiger partial charge is 1.00 e. The number of azo groups is 1. The first-order valence-electron chi connectivity index (χ1n) is 9.07. The van der Waals surface area contributed by atoms with Crippen LogP contribution < -0.4 is 40.3 Å². The van der Waals surface area contributed by atoms with Gasteiger partial charge in [0, 0.05) is 0 Å². The Morgan fingerprint density at radius 3 is 2.12 bits per heavy atom. The third-order valence-corrected chi connectivity index (χ3v) is 6.94. The van der Waals surface area contributed by atoms with E-state index in [9.17, 15) is 31.0 Å². The zero-order valence-corrected chi connectivity index (χ0v) is 21.2. The second-order valence-corrected chi connectivity index (χ2v) is 10.1. The molecule has 1 heterocycles. The minimum Gasteiger partial charge on any atom is -0.744 e. The van der Waals surface area contributed by atoms with E-state index >= 15 is 0 Å². The number of anilines is 1. The van der Waals surface area contributed by atoms with E-state index < -0.39 is 60.8 Å². The number of nitrogens with two attached hydrogens (primary N) is 1. The monoisotopic (exact) mass is 517 g/mol. The van der Waals surface area contributed by atoms with Gasteiger partial charge in [0.2, 0.25) is 6.04 Å². The Morgan fingerprint density at radius 2 is 1.62 bits per heavy atom. The van der Waals surface area contributed by atoms with Crippen LogP contribution in [0, 0.1) is 0 Å². The van der Waals surface area contributed by atoms with Crippen molar-refractivity contribution in [3.05, 3.63) is 48.5 Å². The number of hydrazone groups is 1. The maximum Gasteiger partial charge on any atom is 1.00 e. The van der Waals surface area contributed by atoms with Gasteiger partial charge in [-0.2, -0.15) is 20.3 Å². The van der Waals surface area contributed by atoms with Gasteiger partial charge >= 0.3 is 29.6 Å². The van der Waals surface area contributed by atoms with Gasteiger partial charge in [-0.05, 0) is 48.5 Å². The van der Waals surface area contributed by atoms with Crippen LogP contribution in [0.4, 0.5) is 11.4 Å². The molecule has 0 spiro atoms. The van der Waals surface area contributed by atoms with Crippen LogP contribution in [0.2, 0.25) is 0 Å². The minimum atomic E-state index is -4.69. The van der Waals surface area contributed by atoms with Crippen molar-refractivity contribution in [3.63, 3.8) is 0 Å². The summed E-state index contributed by atoms with van der Waals surface area (Å²) in [5, 5.41) is 21.1. The number of amides is 2. The van der Waals surface area contributed by atoms with Crippen molar-refractivity contribution in [2.45, 2.75) is 15.8 Å². The molecule has 16 heteroatoms. The molecule has 0 saturated carbocycles. The Balaban J connectivity index is 0.00000408. The van der Waals surface area contributed by atoms with E-state index in [2.05, 4.69) is 15.3 Å². The predicted octanol–water partition coefficient (Wildman–Crippen LogP) is -3.30. The molecule has 0 aromatic heterocycles. The number of rotatable bonds is 8. The average Bonchev–Trinajstić information content (AvgIpc) is 3.08. The van der Waals surface area contributed by atoms with E-state index in [-0.39, 0.29) is 45.8 Å². The Kier molecular flexibility index (Phi) is 8.81. The quantitative estimate of drug-likeness (QED) is 0.205. The molecule has 1 aliphatic rings. The fraction of sp³-hybridized carbons (Fsp3) is 0.167. The second-order valence-electron chi connectivity index (χ2n) is 6.60. The number of hydrogen-bond acceptors (Lipinski definition) is 11. The number of carbonyl (C=O) groups is 2. The molecule has 1 aliphatic heterocycles. The van der Waals surface area contributed by atoms with Crippen molar-refractivity contribution in [3.8, 4) is 0 Å². The molecule has 0 fully saturated rings. The Morgan fingerprint density at radius 1 is 1.06 bits per heavy atom. The van der Waals surface area contributed by atoms with Gasteiger partial charge < -0.3 is 15.4 Å². The molecule has 2 aromatic carbocycles. The van der Waals surface area contributed by atoms with Gasteiger partial charge in [0.15, 0.2) is 15.5 Å². The van der Waals surface area contributed by atoms with Crippen LogP contribution in [0.5, 0.6) is 0 Å². The number of nitrogens with zero attached hydrogens (tertiary/aromatic N) is 4. The number of benzene rings is 2. The van der Waals surface area contributed by atoms with Gasteiger partial charge in [0.25, 0.3) is 11.8 Å². The molecule has 1 unspecified atom stereocenters. The molecule has 2 amide bonds. The van der Waals surface area contributed by atoms with E-state index in [4.69, 9.17) is 10.8 Å². The third kappa shape index (κ3) is 6.12. The fourth-order valence-electron chi connectivity index (χ4n) is 2.75. The van der Waals surface area contributed by atoms with E-state index in [0.717, 1.165) is 29.3 Å². The molecule has 3 N–H and O–H groups in total. The van der Waals surface area contributed by atoms with Gasteiger partial charge in [-0.25, -0.2) is 16.8 Å². The zero-order valence-electron chi connectivity index (χ0n) is 17.6. The standard InChI is InChI=1S/C18H17N5O8S2.Na/c19-17(25)15-16(21-20-11-1-5-13(6-2-11)32(27,28)10-9-24)18(26)23(22-15)12-3-7-14(8-4-12)33(29,30)31;/h1-8,16,24H,9-10H2,(H2,19,25)(H,29,30,31);/q;+1/p-1. The first-order valence-corrected chi connectivity index (χ1v) is 12.1. The average molecular weight is 517 g/mol. The van der Waals surface area contributed by atoms with E-state index in [1.807, 2.05) is 0 Å². The van der Waals surface area contributed by atoms with E-state index in [1.165, 1.54) is 24.3 Å². The van der Waals surface area contributed by atoms with Crippen molar-refractivity contribution < 1.29 is 65.6 Å². The SMILES string of the molecule is NC(=O)C1=NN(c2ccc(S(=O)(=O)[O-])cc2)C(=O)C1N=Nc1ccc(S(=O)(=O)CCO)cc1.[Na+]. The Hall–Kier alpha value is -2.53. The number of primary amides is 1. The predicted molar refractivity (Wildman–Crippen MR) is 112 cm³/mol. The molecule has 0 bridgehead atoms. The first kappa shape index (κ1) is 27.7. The van der Waals surface area contributed by atoms with Crippen molar-refractivity contribution in [1.29, 1.82) is 0 Å².